The van der Waals surface area contributed by atoms with Crippen molar-refractivity contribution >= 4 is 0 Å². The minimum absolute atomic E-state index is 0.296. The number of nitrogens with one attached hydrogen (secondary N) is 1. The van der Waals surface area contributed by atoms with E-state index in [0.717, 1.165) is 12.3 Å². The lowest BCUT2D eigenvalue weighted by Crippen LogP contribution is -2.49. The summed E-state index contributed by atoms with van der Waals surface area (Å²) < 4.78 is 5.35. The van der Waals surface area contributed by atoms with E-state index in [1.807, 2.05) is 12.1 Å². The van der Waals surface area contributed by atoms with Crippen LogP contribution in [-0.4, -0.2) is 31.1 Å². The van der Waals surface area contributed by atoms with Crippen LogP contribution in [0.1, 0.15) is 37.2 Å². The number of likely N-dealkylation sites (N-methyl/N-ethyl adjacent to an activating group) is 1. The molecule has 1 aromatic heterocycles. The molecular formula is C14H21N3O. The van der Waals surface area contributed by atoms with Crippen LogP contribution in [0.15, 0.2) is 16.5 Å². The van der Waals surface area contributed by atoms with E-state index in [2.05, 4.69) is 24.3 Å². The Balaban J connectivity index is 1.85. The van der Waals surface area contributed by atoms with Crippen molar-refractivity contribution < 1.29 is 4.42 Å². The molecule has 0 spiro atoms. The Hall–Kier alpha value is -1.31. The first-order valence-electron chi connectivity index (χ1n) is 6.53. The van der Waals surface area contributed by atoms with Gasteiger partial charge in [0.1, 0.15) is 11.8 Å². The average Bonchev–Trinajstić information content (AvgIpc) is 2.98. The van der Waals surface area contributed by atoms with Crippen molar-refractivity contribution in [3.63, 3.8) is 0 Å². The highest BCUT2D eigenvalue weighted by Gasteiger charge is 2.35. The third-order valence-electron chi connectivity index (χ3n) is 4.01. The Morgan fingerprint density at radius 2 is 2.11 bits per heavy atom. The second-order valence-corrected chi connectivity index (χ2v) is 5.31. The molecule has 18 heavy (non-hydrogen) atoms. The maximum atomic E-state index is 8.69. The monoisotopic (exact) mass is 247 g/mol. The highest BCUT2D eigenvalue weighted by Crippen LogP contribution is 2.33. The van der Waals surface area contributed by atoms with Gasteiger partial charge in [-0.15, -0.1) is 0 Å². The van der Waals surface area contributed by atoms with Crippen LogP contribution in [0.3, 0.4) is 0 Å². The average molecular weight is 247 g/mol. The van der Waals surface area contributed by atoms with E-state index in [4.69, 9.17) is 9.68 Å². The van der Waals surface area contributed by atoms with Gasteiger partial charge in [-0.05, 0) is 39.1 Å². The van der Waals surface area contributed by atoms with Gasteiger partial charge >= 0.3 is 0 Å². The molecule has 0 saturated heterocycles. The van der Waals surface area contributed by atoms with Crippen LogP contribution in [0.2, 0.25) is 0 Å². The van der Waals surface area contributed by atoms with E-state index in [-0.39, 0.29) is 0 Å². The summed E-state index contributed by atoms with van der Waals surface area (Å²) in [5.74, 6) is 1.22. The summed E-state index contributed by atoms with van der Waals surface area (Å²) in [6, 6.07) is 5.58. The van der Waals surface area contributed by atoms with E-state index in [1.54, 1.807) is 6.07 Å². The molecule has 0 aliphatic heterocycles. The van der Waals surface area contributed by atoms with Gasteiger partial charge in [0, 0.05) is 12.1 Å². The summed E-state index contributed by atoms with van der Waals surface area (Å²) in [6.45, 7) is 1.67. The number of nitriles is 1. The topological polar surface area (TPSA) is 52.2 Å². The van der Waals surface area contributed by atoms with Crippen molar-refractivity contribution in [1.82, 2.24) is 10.2 Å². The van der Waals surface area contributed by atoms with Gasteiger partial charge in [0.25, 0.3) is 0 Å². The van der Waals surface area contributed by atoms with Gasteiger partial charge in [0.05, 0.1) is 6.54 Å². The quantitative estimate of drug-likeness (QED) is 0.866. The van der Waals surface area contributed by atoms with Crippen LogP contribution >= 0.6 is 0 Å². The molecule has 0 atom stereocenters. The summed E-state index contributed by atoms with van der Waals surface area (Å²) in [6.07, 6.45) is 5.15. The second-order valence-electron chi connectivity index (χ2n) is 5.31. The molecule has 0 amide bonds. The number of hydrogen-bond donors (Lipinski definition) is 1. The third kappa shape index (κ3) is 2.74. The van der Waals surface area contributed by atoms with Crippen LogP contribution in [0, 0.1) is 11.3 Å². The van der Waals surface area contributed by atoms with Crippen LogP contribution < -0.4 is 5.32 Å². The highest BCUT2D eigenvalue weighted by molar-refractivity contribution is 5.19. The van der Waals surface area contributed by atoms with Crippen molar-refractivity contribution in [2.24, 2.45) is 0 Å². The maximum absolute atomic E-state index is 8.69. The van der Waals surface area contributed by atoms with Crippen LogP contribution in [0.25, 0.3) is 0 Å². The van der Waals surface area contributed by atoms with E-state index in [0.29, 0.717) is 17.8 Å². The smallest absolute Gasteiger partial charge is 0.203 e. The number of nitrogens with zero attached hydrogens (tertiary/aromatic N) is 2. The van der Waals surface area contributed by atoms with E-state index < -0.39 is 0 Å². The standard InChI is InChI=1S/C14H21N3O/c1-17(2)14(7-3-4-8-14)11-16-10-13-6-5-12(9-15)18-13/h5-6,16H,3-4,7-8,10-11H2,1-2H3. The van der Waals surface area contributed by atoms with Gasteiger partial charge in [-0.25, -0.2) is 0 Å². The largest absolute Gasteiger partial charge is 0.449 e. The predicted octanol–water partition coefficient (Wildman–Crippen LogP) is 2.12. The lowest BCUT2D eigenvalue weighted by molar-refractivity contribution is 0.152. The molecule has 0 unspecified atom stereocenters. The van der Waals surface area contributed by atoms with Gasteiger partial charge in [0.2, 0.25) is 5.76 Å². The molecule has 2 rings (SSSR count). The molecule has 98 valence electrons. The molecular weight excluding hydrogens is 226 g/mol. The summed E-state index contributed by atoms with van der Waals surface area (Å²) in [7, 11) is 4.32. The molecule has 1 aliphatic rings. The van der Waals surface area contributed by atoms with Crippen molar-refractivity contribution in [1.29, 1.82) is 5.26 Å². The zero-order valence-corrected chi connectivity index (χ0v) is 11.2. The van der Waals surface area contributed by atoms with Crippen molar-refractivity contribution in [2.75, 3.05) is 20.6 Å². The lowest BCUT2D eigenvalue weighted by atomic mass is 9.96. The third-order valence-corrected chi connectivity index (χ3v) is 4.01. The highest BCUT2D eigenvalue weighted by atomic mass is 16.3. The molecule has 1 saturated carbocycles. The van der Waals surface area contributed by atoms with E-state index >= 15 is 0 Å². The minimum atomic E-state index is 0.296. The summed E-state index contributed by atoms with van der Waals surface area (Å²) in [5, 5.41) is 12.2. The summed E-state index contributed by atoms with van der Waals surface area (Å²) in [5.41, 5.74) is 0.296. The molecule has 0 bridgehead atoms. The molecule has 4 nitrogen and oxygen atoms in total. The Kier molecular flexibility index (Phi) is 4.05. The molecule has 1 fully saturated rings. The Morgan fingerprint density at radius 1 is 1.39 bits per heavy atom. The first-order chi connectivity index (χ1) is 8.66. The lowest BCUT2D eigenvalue weighted by Gasteiger charge is -2.36. The zero-order valence-electron chi connectivity index (χ0n) is 11.2. The van der Waals surface area contributed by atoms with Crippen molar-refractivity contribution in [3.05, 3.63) is 23.7 Å². The summed E-state index contributed by atoms with van der Waals surface area (Å²) >= 11 is 0. The fourth-order valence-electron chi connectivity index (χ4n) is 2.77. The Labute approximate surface area is 109 Å². The minimum Gasteiger partial charge on any atom is -0.449 e. The first kappa shape index (κ1) is 13.1. The molecule has 1 aliphatic carbocycles. The van der Waals surface area contributed by atoms with Crippen LogP contribution in [0.4, 0.5) is 0 Å². The van der Waals surface area contributed by atoms with E-state index in [9.17, 15) is 0 Å². The SMILES string of the molecule is CN(C)C1(CNCc2ccc(C#N)o2)CCCC1. The van der Waals surface area contributed by atoms with Gasteiger partial charge in [-0.2, -0.15) is 5.26 Å². The molecule has 1 N–H and O–H groups in total. The number of furan rings is 1. The van der Waals surface area contributed by atoms with Gasteiger partial charge in [-0.1, -0.05) is 12.8 Å². The molecule has 0 radical (unpaired) electrons. The van der Waals surface area contributed by atoms with Gasteiger partial charge in [0.15, 0.2) is 0 Å². The molecule has 4 heteroatoms. The van der Waals surface area contributed by atoms with Crippen molar-refractivity contribution in [3.8, 4) is 6.07 Å². The molecule has 1 heterocycles. The fourth-order valence-corrected chi connectivity index (χ4v) is 2.77. The normalized spacial score (nSPS) is 18.1. The first-order valence-corrected chi connectivity index (χ1v) is 6.53. The Bertz CT molecular complexity index is 424. The summed E-state index contributed by atoms with van der Waals surface area (Å²) in [4.78, 5) is 2.34. The zero-order chi connectivity index (χ0) is 13.0. The Morgan fingerprint density at radius 3 is 2.67 bits per heavy atom. The van der Waals surface area contributed by atoms with Crippen molar-refractivity contribution in [2.45, 2.75) is 37.8 Å². The van der Waals surface area contributed by atoms with E-state index in [1.165, 1.54) is 25.7 Å². The number of hydrogen-bond acceptors (Lipinski definition) is 4. The molecule has 0 aromatic carbocycles. The number of rotatable bonds is 5. The van der Waals surface area contributed by atoms with Crippen LogP contribution in [0.5, 0.6) is 0 Å². The fraction of sp³-hybridized carbons (Fsp3) is 0.643. The van der Waals surface area contributed by atoms with Crippen LogP contribution in [-0.2, 0) is 6.54 Å². The van der Waals surface area contributed by atoms with Gasteiger partial charge in [-0.3, -0.25) is 0 Å². The van der Waals surface area contributed by atoms with Gasteiger partial charge < -0.3 is 14.6 Å². The second kappa shape index (κ2) is 5.55. The molecule has 1 aromatic rings. The maximum Gasteiger partial charge on any atom is 0.203 e. The predicted molar refractivity (Wildman–Crippen MR) is 70.0 cm³/mol.